The third-order valence-electron chi connectivity index (χ3n) is 3.30. The number of benzene rings is 1. The van der Waals surface area contributed by atoms with Gasteiger partial charge in [0.15, 0.2) is 0 Å². The molecule has 0 N–H and O–H groups in total. The van der Waals surface area contributed by atoms with Gasteiger partial charge in [0.05, 0.1) is 10.8 Å². The summed E-state index contributed by atoms with van der Waals surface area (Å²) in [7, 11) is 0. The van der Waals surface area contributed by atoms with Gasteiger partial charge < -0.3 is 0 Å². The van der Waals surface area contributed by atoms with Gasteiger partial charge in [-0.3, -0.25) is 5.01 Å². The summed E-state index contributed by atoms with van der Waals surface area (Å²) in [5.74, 6) is 0.213. The number of hydrogen-bond donors (Lipinski definition) is 0. The molecule has 98 valence electrons. The average molecular weight is 258 g/mol. The maximum absolute atomic E-state index is 12.4. The van der Waals surface area contributed by atoms with E-state index in [2.05, 4.69) is 5.29 Å². The summed E-state index contributed by atoms with van der Waals surface area (Å²) in [5, 5.41) is 4.30. The van der Waals surface area contributed by atoms with E-state index in [9.17, 15) is 18.1 Å². The van der Waals surface area contributed by atoms with Crippen LogP contribution in [0.5, 0.6) is 0 Å². The molecule has 1 aliphatic heterocycles. The van der Waals surface area contributed by atoms with Crippen molar-refractivity contribution in [3.63, 3.8) is 0 Å². The molecule has 0 bridgehead atoms. The van der Waals surface area contributed by atoms with Gasteiger partial charge in [-0.1, -0.05) is 12.1 Å². The van der Waals surface area contributed by atoms with E-state index in [4.69, 9.17) is 0 Å². The summed E-state index contributed by atoms with van der Waals surface area (Å²) in [6.45, 7) is 1.13. The van der Waals surface area contributed by atoms with E-state index >= 15 is 0 Å². The highest BCUT2D eigenvalue weighted by Gasteiger charge is 2.30. The number of nitrogens with zero attached hydrogens (tertiary/aromatic N) is 2. The highest BCUT2D eigenvalue weighted by Crippen LogP contribution is 2.32. The van der Waals surface area contributed by atoms with Crippen LogP contribution < -0.4 is 0 Å². The smallest absolute Gasteiger partial charge is 0.261 e. The summed E-state index contributed by atoms with van der Waals surface area (Å²) in [6, 6.07) is 5.27. The lowest BCUT2D eigenvalue weighted by molar-refractivity contribution is -0.137. The lowest BCUT2D eigenvalue weighted by Crippen LogP contribution is -2.28. The van der Waals surface area contributed by atoms with E-state index < -0.39 is 11.7 Å². The Morgan fingerprint density at radius 2 is 1.67 bits per heavy atom. The van der Waals surface area contributed by atoms with Crippen LogP contribution >= 0.6 is 0 Å². The summed E-state index contributed by atoms with van der Waals surface area (Å²) in [4.78, 5) is 10.3. The molecule has 1 heterocycles. The minimum absolute atomic E-state index is 0.213. The summed E-state index contributed by atoms with van der Waals surface area (Å²) >= 11 is 0. The fourth-order valence-corrected chi connectivity index (χ4v) is 2.23. The van der Waals surface area contributed by atoms with Crippen molar-refractivity contribution in [3.05, 3.63) is 40.3 Å². The first-order valence-corrected chi connectivity index (χ1v) is 5.76. The van der Waals surface area contributed by atoms with Crippen molar-refractivity contribution in [2.24, 2.45) is 5.29 Å². The van der Waals surface area contributed by atoms with E-state index in [0.29, 0.717) is 13.1 Å². The van der Waals surface area contributed by atoms with Crippen LogP contribution in [0, 0.1) is 4.91 Å². The molecule has 0 radical (unpaired) electrons. The number of rotatable bonds is 2. The molecule has 0 aromatic heterocycles. The number of piperidine rings is 1. The van der Waals surface area contributed by atoms with E-state index in [1.165, 1.54) is 17.1 Å². The molecule has 1 saturated heterocycles. The SMILES string of the molecule is O=NN1CCC(c2ccc(C(F)(F)F)cc2)CC1. The maximum Gasteiger partial charge on any atom is 0.416 e. The molecule has 0 saturated carbocycles. The second-order valence-corrected chi connectivity index (χ2v) is 4.43. The van der Waals surface area contributed by atoms with E-state index in [1.54, 1.807) is 0 Å². The number of halogens is 3. The monoisotopic (exact) mass is 258 g/mol. The molecular weight excluding hydrogens is 245 g/mol. The van der Waals surface area contributed by atoms with Gasteiger partial charge in [-0.15, -0.1) is 4.91 Å². The normalized spacial score (nSPS) is 17.8. The predicted molar refractivity (Wildman–Crippen MR) is 60.8 cm³/mol. The van der Waals surface area contributed by atoms with Gasteiger partial charge in [0, 0.05) is 13.1 Å². The van der Waals surface area contributed by atoms with Crippen molar-refractivity contribution in [3.8, 4) is 0 Å². The molecule has 3 nitrogen and oxygen atoms in total. The fourth-order valence-electron chi connectivity index (χ4n) is 2.23. The maximum atomic E-state index is 12.4. The van der Waals surface area contributed by atoms with Gasteiger partial charge in [0.1, 0.15) is 0 Å². The van der Waals surface area contributed by atoms with E-state index in [1.807, 2.05) is 0 Å². The lowest BCUT2D eigenvalue weighted by Gasteiger charge is -2.28. The summed E-state index contributed by atoms with van der Waals surface area (Å²) in [5.41, 5.74) is 0.270. The zero-order valence-corrected chi connectivity index (χ0v) is 9.65. The van der Waals surface area contributed by atoms with Crippen molar-refractivity contribution in [1.82, 2.24) is 5.01 Å². The Morgan fingerprint density at radius 1 is 1.11 bits per heavy atom. The van der Waals surface area contributed by atoms with E-state index in [-0.39, 0.29) is 5.92 Å². The Morgan fingerprint density at radius 3 is 2.11 bits per heavy atom. The molecule has 1 aromatic carbocycles. The zero-order chi connectivity index (χ0) is 13.2. The molecule has 0 aliphatic carbocycles. The number of alkyl halides is 3. The molecular formula is C12H13F3N2O. The molecule has 1 fully saturated rings. The van der Waals surface area contributed by atoms with Crippen molar-refractivity contribution < 1.29 is 13.2 Å². The molecule has 18 heavy (non-hydrogen) atoms. The van der Waals surface area contributed by atoms with Crippen LogP contribution in [0.15, 0.2) is 29.6 Å². The molecule has 1 aromatic rings. The Bertz CT molecular complexity index is 408. The van der Waals surface area contributed by atoms with Crippen LogP contribution in [0.3, 0.4) is 0 Å². The molecule has 0 spiro atoms. The topological polar surface area (TPSA) is 32.7 Å². The lowest BCUT2D eigenvalue weighted by atomic mass is 9.89. The highest BCUT2D eigenvalue weighted by molar-refractivity contribution is 5.27. The number of nitroso groups, excluding NO2 is 1. The second kappa shape index (κ2) is 4.96. The third-order valence-corrected chi connectivity index (χ3v) is 3.30. The second-order valence-electron chi connectivity index (χ2n) is 4.43. The molecule has 1 aliphatic rings. The molecule has 0 unspecified atom stereocenters. The van der Waals surface area contributed by atoms with Crippen LogP contribution in [0.25, 0.3) is 0 Å². The van der Waals surface area contributed by atoms with Gasteiger partial charge in [-0.2, -0.15) is 13.2 Å². The van der Waals surface area contributed by atoms with Gasteiger partial charge in [0.2, 0.25) is 0 Å². The van der Waals surface area contributed by atoms with Gasteiger partial charge in [0.25, 0.3) is 0 Å². The van der Waals surface area contributed by atoms with Crippen LogP contribution in [0.2, 0.25) is 0 Å². The quantitative estimate of drug-likeness (QED) is 0.760. The molecule has 0 amide bonds. The van der Waals surface area contributed by atoms with Crippen molar-refractivity contribution in [2.45, 2.75) is 24.9 Å². The first-order chi connectivity index (χ1) is 8.50. The largest absolute Gasteiger partial charge is 0.416 e. The van der Waals surface area contributed by atoms with Crippen LogP contribution in [-0.2, 0) is 6.18 Å². The zero-order valence-electron chi connectivity index (χ0n) is 9.65. The Hall–Kier alpha value is -1.59. The van der Waals surface area contributed by atoms with Crippen molar-refractivity contribution in [1.29, 1.82) is 0 Å². The minimum Gasteiger partial charge on any atom is -0.261 e. The van der Waals surface area contributed by atoms with Gasteiger partial charge in [-0.25, -0.2) is 0 Å². The van der Waals surface area contributed by atoms with Crippen LogP contribution in [0.1, 0.15) is 29.9 Å². The average Bonchev–Trinajstić information content (AvgIpc) is 2.38. The summed E-state index contributed by atoms with van der Waals surface area (Å²) in [6.07, 6.45) is -2.79. The Labute approximate surface area is 103 Å². The standard InChI is InChI=1S/C12H13F3N2O/c13-12(14,15)11-3-1-9(2-4-11)10-5-7-17(16-18)8-6-10/h1-4,10H,5-8H2. The number of hydrogen-bond acceptors (Lipinski definition) is 2. The van der Waals surface area contributed by atoms with Crippen molar-refractivity contribution >= 4 is 0 Å². The van der Waals surface area contributed by atoms with Crippen LogP contribution in [-0.4, -0.2) is 18.1 Å². The summed E-state index contributed by atoms with van der Waals surface area (Å²) < 4.78 is 37.2. The predicted octanol–water partition coefficient (Wildman–Crippen LogP) is 3.57. The first-order valence-electron chi connectivity index (χ1n) is 5.76. The van der Waals surface area contributed by atoms with Crippen molar-refractivity contribution in [2.75, 3.05) is 13.1 Å². The minimum atomic E-state index is -4.29. The van der Waals surface area contributed by atoms with Gasteiger partial charge in [-0.05, 0) is 36.5 Å². The Balaban J connectivity index is 2.05. The van der Waals surface area contributed by atoms with E-state index in [0.717, 1.165) is 30.5 Å². The molecule has 2 rings (SSSR count). The highest BCUT2D eigenvalue weighted by atomic mass is 19.4. The fraction of sp³-hybridized carbons (Fsp3) is 0.500. The van der Waals surface area contributed by atoms with Crippen LogP contribution in [0.4, 0.5) is 13.2 Å². The molecule has 6 heteroatoms. The first kappa shape index (κ1) is 12.9. The van der Waals surface area contributed by atoms with Gasteiger partial charge >= 0.3 is 6.18 Å². The Kier molecular flexibility index (Phi) is 3.54. The third kappa shape index (κ3) is 2.80. The molecule has 0 atom stereocenters.